The first-order chi connectivity index (χ1) is 17.9. The Morgan fingerprint density at radius 3 is 2.05 bits per heavy atom. The fourth-order valence-corrected chi connectivity index (χ4v) is 4.79. The summed E-state index contributed by atoms with van der Waals surface area (Å²) in [5.41, 5.74) is 1.71. The molecule has 0 aliphatic carbocycles. The molecule has 3 N–H and O–H groups in total. The summed E-state index contributed by atoms with van der Waals surface area (Å²) in [5.74, 6) is -1.56. The van der Waals surface area contributed by atoms with Crippen LogP contribution >= 0.6 is 0 Å². The standard InChI is InChI=1S/C31H43N3O4/c1-21(2)26(20-22(3)30(37)38)34(7)29(36)25(19-18-23-14-10-8-11-15-23)33-28(35)27(32-6)31(4,5)24-16-12-9-13-17-24/h8-17,20-21,25-27,32H,18-19H2,1-7H3,(H,33,35)(H,37,38)/t25-,26+,27+/m0/s1. The lowest BCUT2D eigenvalue weighted by Crippen LogP contribution is -2.58. The minimum absolute atomic E-state index is 0.0224. The van der Waals surface area contributed by atoms with Gasteiger partial charge in [0, 0.05) is 18.0 Å². The number of rotatable bonds is 13. The van der Waals surface area contributed by atoms with Crippen LogP contribution in [0.1, 0.15) is 52.2 Å². The minimum Gasteiger partial charge on any atom is -0.478 e. The number of aliphatic carboxylic acids is 1. The van der Waals surface area contributed by atoms with Crippen LogP contribution < -0.4 is 10.6 Å². The van der Waals surface area contributed by atoms with E-state index in [9.17, 15) is 19.5 Å². The first-order valence-corrected chi connectivity index (χ1v) is 13.2. The van der Waals surface area contributed by atoms with Gasteiger partial charge >= 0.3 is 5.97 Å². The van der Waals surface area contributed by atoms with E-state index in [0.29, 0.717) is 12.8 Å². The monoisotopic (exact) mass is 521 g/mol. The fraction of sp³-hybridized carbons (Fsp3) is 0.452. The quantitative estimate of drug-likeness (QED) is 0.344. The molecule has 0 saturated heterocycles. The number of likely N-dealkylation sites (N-methyl/N-ethyl adjacent to an activating group) is 2. The topological polar surface area (TPSA) is 98.7 Å². The lowest BCUT2D eigenvalue weighted by Gasteiger charge is -2.36. The van der Waals surface area contributed by atoms with Crippen LogP contribution in [0.4, 0.5) is 0 Å². The maximum Gasteiger partial charge on any atom is 0.331 e. The second kappa shape index (κ2) is 13.9. The van der Waals surface area contributed by atoms with E-state index >= 15 is 0 Å². The first-order valence-electron chi connectivity index (χ1n) is 13.2. The molecule has 0 heterocycles. The van der Waals surface area contributed by atoms with Gasteiger partial charge in [-0.25, -0.2) is 4.79 Å². The SMILES string of the molecule is CN[C@H](C(=O)N[C@@H](CCc1ccccc1)C(=O)N(C)[C@H](C=C(C)C(=O)O)C(C)C)C(C)(C)c1ccccc1. The molecule has 0 bridgehead atoms. The summed E-state index contributed by atoms with van der Waals surface area (Å²) in [6.07, 6.45) is 2.62. The molecule has 7 nitrogen and oxygen atoms in total. The van der Waals surface area contributed by atoms with Gasteiger partial charge in [-0.3, -0.25) is 9.59 Å². The Labute approximate surface area is 227 Å². The third-order valence-corrected chi connectivity index (χ3v) is 7.21. The summed E-state index contributed by atoms with van der Waals surface area (Å²) in [6, 6.07) is 17.8. The molecule has 0 saturated carbocycles. The van der Waals surface area contributed by atoms with Crippen LogP contribution in [0.3, 0.4) is 0 Å². The summed E-state index contributed by atoms with van der Waals surface area (Å²) in [4.78, 5) is 40.6. The van der Waals surface area contributed by atoms with Crippen LogP contribution in [-0.4, -0.2) is 60.0 Å². The number of benzene rings is 2. The molecule has 0 aliphatic rings. The number of carboxylic acid groups (broad SMARTS) is 1. The molecule has 0 radical (unpaired) electrons. The molecular formula is C31H43N3O4. The van der Waals surface area contributed by atoms with Crippen molar-refractivity contribution in [2.24, 2.45) is 5.92 Å². The van der Waals surface area contributed by atoms with Crippen LogP contribution in [0.15, 0.2) is 72.3 Å². The summed E-state index contributed by atoms with van der Waals surface area (Å²) in [7, 11) is 3.42. The molecule has 7 heteroatoms. The number of carbonyl (C=O) groups is 3. The van der Waals surface area contributed by atoms with Crippen molar-refractivity contribution in [1.29, 1.82) is 0 Å². The second-order valence-electron chi connectivity index (χ2n) is 10.7. The molecule has 206 valence electrons. The largest absolute Gasteiger partial charge is 0.478 e. The van der Waals surface area contributed by atoms with Crippen molar-refractivity contribution in [2.75, 3.05) is 14.1 Å². The van der Waals surface area contributed by atoms with Crippen molar-refractivity contribution < 1.29 is 19.5 Å². The summed E-state index contributed by atoms with van der Waals surface area (Å²) in [5, 5.41) is 15.6. The lowest BCUT2D eigenvalue weighted by molar-refractivity contribution is -0.138. The summed E-state index contributed by atoms with van der Waals surface area (Å²) in [6.45, 7) is 9.41. The van der Waals surface area contributed by atoms with E-state index in [1.54, 1.807) is 25.1 Å². The highest BCUT2D eigenvalue weighted by Gasteiger charge is 2.38. The molecule has 2 aromatic carbocycles. The van der Waals surface area contributed by atoms with Gasteiger partial charge in [-0.2, -0.15) is 0 Å². The van der Waals surface area contributed by atoms with Crippen molar-refractivity contribution in [3.8, 4) is 0 Å². The molecule has 0 spiro atoms. The summed E-state index contributed by atoms with van der Waals surface area (Å²) >= 11 is 0. The molecule has 3 atom stereocenters. The van der Waals surface area contributed by atoms with E-state index in [0.717, 1.165) is 11.1 Å². The molecule has 2 aromatic rings. The molecule has 0 aromatic heterocycles. The average molecular weight is 522 g/mol. The zero-order valence-corrected chi connectivity index (χ0v) is 23.7. The van der Waals surface area contributed by atoms with E-state index in [1.807, 2.05) is 88.4 Å². The number of amides is 2. The van der Waals surface area contributed by atoms with E-state index < -0.39 is 29.5 Å². The Kier molecular flexibility index (Phi) is 11.3. The fourth-order valence-electron chi connectivity index (χ4n) is 4.79. The number of aryl methyl sites for hydroxylation is 1. The van der Waals surface area contributed by atoms with Crippen LogP contribution in [-0.2, 0) is 26.2 Å². The Morgan fingerprint density at radius 1 is 1.00 bits per heavy atom. The van der Waals surface area contributed by atoms with Gasteiger partial charge in [0.25, 0.3) is 0 Å². The van der Waals surface area contributed by atoms with Gasteiger partial charge in [0.2, 0.25) is 11.8 Å². The highest BCUT2D eigenvalue weighted by Crippen LogP contribution is 2.27. The van der Waals surface area contributed by atoms with Crippen molar-refractivity contribution in [3.63, 3.8) is 0 Å². The average Bonchev–Trinajstić information content (AvgIpc) is 2.89. The Bertz CT molecular complexity index is 1100. The number of nitrogens with one attached hydrogen (secondary N) is 2. The van der Waals surface area contributed by atoms with Gasteiger partial charge in [-0.05, 0) is 43.9 Å². The van der Waals surface area contributed by atoms with Crippen molar-refractivity contribution in [2.45, 2.75) is 71.0 Å². The van der Waals surface area contributed by atoms with Crippen molar-refractivity contribution >= 4 is 17.8 Å². The Hall–Kier alpha value is -3.45. The van der Waals surface area contributed by atoms with Crippen molar-refractivity contribution in [1.82, 2.24) is 15.5 Å². The molecule has 2 amide bonds. The first kappa shape index (κ1) is 30.8. The number of hydrogen-bond acceptors (Lipinski definition) is 4. The maximum atomic E-state index is 13.8. The minimum atomic E-state index is -1.02. The predicted octanol–water partition coefficient (Wildman–Crippen LogP) is 4.18. The maximum absolute atomic E-state index is 13.8. The lowest BCUT2D eigenvalue weighted by atomic mass is 9.77. The Balaban J connectivity index is 2.36. The van der Waals surface area contributed by atoms with E-state index in [4.69, 9.17) is 0 Å². The third-order valence-electron chi connectivity index (χ3n) is 7.21. The highest BCUT2D eigenvalue weighted by molar-refractivity contribution is 5.91. The Morgan fingerprint density at radius 2 is 1.55 bits per heavy atom. The molecule has 0 fully saturated rings. The molecule has 0 aliphatic heterocycles. The highest BCUT2D eigenvalue weighted by atomic mass is 16.4. The zero-order valence-electron chi connectivity index (χ0n) is 23.7. The molecule has 0 unspecified atom stereocenters. The number of hydrogen-bond donors (Lipinski definition) is 3. The zero-order chi connectivity index (χ0) is 28.5. The van der Waals surface area contributed by atoms with E-state index in [1.165, 1.54) is 6.92 Å². The molecule has 38 heavy (non-hydrogen) atoms. The number of carboxylic acids is 1. The van der Waals surface area contributed by atoms with Gasteiger partial charge in [-0.15, -0.1) is 0 Å². The van der Waals surface area contributed by atoms with Crippen molar-refractivity contribution in [3.05, 3.63) is 83.4 Å². The van der Waals surface area contributed by atoms with Crippen LogP contribution in [0.2, 0.25) is 0 Å². The number of carbonyl (C=O) groups excluding carboxylic acids is 2. The van der Waals surface area contributed by atoms with Gasteiger partial charge in [0.15, 0.2) is 0 Å². The third kappa shape index (κ3) is 8.02. The second-order valence-corrected chi connectivity index (χ2v) is 10.7. The van der Waals surface area contributed by atoms with Crippen LogP contribution in [0.25, 0.3) is 0 Å². The smallest absolute Gasteiger partial charge is 0.331 e. The summed E-state index contributed by atoms with van der Waals surface area (Å²) < 4.78 is 0. The van der Waals surface area contributed by atoms with E-state index in [-0.39, 0.29) is 23.3 Å². The normalized spacial score (nSPS) is 14.5. The predicted molar refractivity (Wildman–Crippen MR) is 152 cm³/mol. The van der Waals surface area contributed by atoms with Gasteiger partial charge in [0.05, 0.1) is 12.1 Å². The van der Waals surface area contributed by atoms with Gasteiger partial charge in [-0.1, -0.05) is 94.4 Å². The molecule has 2 rings (SSSR count). The van der Waals surface area contributed by atoms with Crippen LogP contribution in [0, 0.1) is 5.92 Å². The van der Waals surface area contributed by atoms with Crippen LogP contribution in [0.5, 0.6) is 0 Å². The van der Waals surface area contributed by atoms with Gasteiger partial charge in [0.1, 0.15) is 6.04 Å². The number of nitrogens with zero attached hydrogens (tertiary/aromatic N) is 1. The molecular weight excluding hydrogens is 478 g/mol. The van der Waals surface area contributed by atoms with E-state index in [2.05, 4.69) is 10.6 Å². The van der Waals surface area contributed by atoms with Gasteiger partial charge < -0.3 is 20.6 Å².